The highest BCUT2D eigenvalue weighted by Crippen LogP contribution is 2.37. The lowest BCUT2D eigenvalue weighted by molar-refractivity contribution is -0.126. The molecule has 1 aliphatic heterocycles. The van der Waals surface area contributed by atoms with Crippen molar-refractivity contribution in [1.29, 1.82) is 0 Å². The summed E-state index contributed by atoms with van der Waals surface area (Å²) in [6, 6.07) is 24.2. The topological polar surface area (TPSA) is 76.5 Å². The van der Waals surface area contributed by atoms with Crippen molar-refractivity contribution in [1.82, 2.24) is 15.1 Å². The van der Waals surface area contributed by atoms with Crippen molar-refractivity contribution in [2.24, 2.45) is 0 Å². The average Bonchev–Trinajstić information content (AvgIpc) is 3.34. The number of carbonyl (C=O) groups is 2. The van der Waals surface area contributed by atoms with Gasteiger partial charge in [-0.25, -0.2) is 0 Å². The molecule has 7 nitrogen and oxygen atoms in total. The summed E-state index contributed by atoms with van der Waals surface area (Å²) in [4.78, 5) is 29.4. The lowest BCUT2D eigenvalue weighted by Gasteiger charge is -2.43. The molecule has 1 atom stereocenters. The Morgan fingerprint density at radius 2 is 1.81 bits per heavy atom. The zero-order valence-electron chi connectivity index (χ0n) is 20.9. The van der Waals surface area contributed by atoms with Gasteiger partial charge in [0.15, 0.2) is 0 Å². The van der Waals surface area contributed by atoms with Crippen LogP contribution in [0.4, 0.5) is 5.69 Å². The van der Waals surface area contributed by atoms with Gasteiger partial charge in [0, 0.05) is 22.8 Å². The first-order valence-corrected chi connectivity index (χ1v) is 12.3. The predicted molar refractivity (Wildman–Crippen MR) is 144 cm³/mol. The Labute approximate surface area is 220 Å². The minimum Gasteiger partial charge on any atom is -0.497 e. The first kappa shape index (κ1) is 24.6. The predicted octanol–water partition coefficient (Wildman–Crippen LogP) is 5.26. The number of anilines is 1. The molecule has 3 aromatic carbocycles. The Balaban J connectivity index is 1.56. The zero-order chi connectivity index (χ0) is 26.2. The van der Waals surface area contributed by atoms with E-state index in [0.717, 1.165) is 22.4 Å². The molecule has 0 fully saturated rings. The number of nitrogens with one attached hydrogen (secondary N) is 1. The molecule has 0 saturated carbocycles. The number of benzene rings is 3. The number of ether oxygens (including phenoxy) is 1. The molecule has 37 heavy (non-hydrogen) atoms. The average molecular weight is 515 g/mol. The minimum atomic E-state index is -1.25. The lowest BCUT2D eigenvalue weighted by Crippen LogP contribution is -2.64. The van der Waals surface area contributed by atoms with Crippen LogP contribution in [0.3, 0.4) is 0 Å². The lowest BCUT2D eigenvalue weighted by atomic mass is 9.93. The van der Waals surface area contributed by atoms with Gasteiger partial charge in [0.1, 0.15) is 17.0 Å². The molecule has 1 aliphatic rings. The standard InChI is InChI=1S/C29H27ClN4O3/c1-19-9-12-22(30)15-25(19)34-27(35)26-16-24(21-10-13-23(37-3)14-11-21)32-33(26)18-29(34,2)28(36)31-17-20-7-5-4-6-8-20/h4-16H,17-18H2,1-3H3,(H,31,36)/t29-/m1/s1. The number of hydrogen-bond acceptors (Lipinski definition) is 4. The molecule has 0 saturated heterocycles. The zero-order valence-corrected chi connectivity index (χ0v) is 21.6. The van der Waals surface area contributed by atoms with E-state index in [0.29, 0.717) is 28.6 Å². The van der Waals surface area contributed by atoms with E-state index in [2.05, 4.69) is 5.32 Å². The number of methoxy groups -OCH3 is 1. The molecule has 1 N–H and O–H groups in total. The van der Waals surface area contributed by atoms with E-state index < -0.39 is 5.54 Å². The van der Waals surface area contributed by atoms with Crippen LogP contribution < -0.4 is 15.0 Å². The van der Waals surface area contributed by atoms with Gasteiger partial charge in [0.05, 0.1) is 19.3 Å². The molecule has 0 aliphatic carbocycles. The SMILES string of the molecule is COc1ccc(-c2cc3n(n2)C[C@](C)(C(=O)NCc2ccccc2)N(c2cc(Cl)ccc2C)C3=O)cc1. The Morgan fingerprint density at radius 3 is 2.51 bits per heavy atom. The second-order valence-electron chi connectivity index (χ2n) is 9.31. The molecular weight excluding hydrogens is 488 g/mol. The smallest absolute Gasteiger partial charge is 0.277 e. The molecule has 188 valence electrons. The highest BCUT2D eigenvalue weighted by atomic mass is 35.5. The van der Waals surface area contributed by atoms with E-state index in [9.17, 15) is 9.59 Å². The third kappa shape index (κ3) is 4.58. The van der Waals surface area contributed by atoms with Crippen molar-refractivity contribution >= 4 is 29.1 Å². The first-order chi connectivity index (χ1) is 17.8. The monoisotopic (exact) mass is 514 g/mol. The van der Waals surface area contributed by atoms with Crippen LogP contribution in [0.25, 0.3) is 11.3 Å². The van der Waals surface area contributed by atoms with Gasteiger partial charge in [0.25, 0.3) is 5.91 Å². The molecule has 0 unspecified atom stereocenters. The van der Waals surface area contributed by atoms with Crippen molar-refractivity contribution < 1.29 is 14.3 Å². The highest BCUT2D eigenvalue weighted by molar-refractivity contribution is 6.31. The molecule has 0 bridgehead atoms. The van der Waals surface area contributed by atoms with Gasteiger partial charge in [0.2, 0.25) is 5.91 Å². The number of amides is 2. The fourth-order valence-electron chi connectivity index (χ4n) is 4.65. The number of aryl methyl sites for hydroxylation is 1. The fraction of sp³-hybridized carbons (Fsp3) is 0.207. The van der Waals surface area contributed by atoms with Crippen LogP contribution in [0.1, 0.15) is 28.5 Å². The second kappa shape index (κ2) is 9.75. The van der Waals surface area contributed by atoms with Gasteiger partial charge in [-0.15, -0.1) is 0 Å². The van der Waals surface area contributed by atoms with E-state index in [-0.39, 0.29) is 18.4 Å². The molecule has 2 amide bonds. The molecule has 4 aromatic rings. The maximum atomic E-state index is 14.0. The summed E-state index contributed by atoms with van der Waals surface area (Å²) in [5.41, 5.74) is 3.03. The van der Waals surface area contributed by atoms with Gasteiger partial charge < -0.3 is 10.1 Å². The van der Waals surface area contributed by atoms with Crippen LogP contribution in [-0.2, 0) is 17.9 Å². The molecular formula is C29H27ClN4O3. The third-order valence-corrected chi connectivity index (χ3v) is 6.97. The first-order valence-electron chi connectivity index (χ1n) is 12.0. The third-order valence-electron chi connectivity index (χ3n) is 6.74. The molecule has 5 rings (SSSR count). The number of nitrogens with zero attached hydrogens (tertiary/aromatic N) is 3. The van der Waals surface area contributed by atoms with E-state index in [4.69, 9.17) is 21.4 Å². The van der Waals surface area contributed by atoms with Crippen LogP contribution in [0.2, 0.25) is 5.02 Å². The number of fused-ring (bicyclic) bond motifs is 1. The number of aromatic nitrogens is 2. The van der Waals surface area contributed by atoms with Crippen LogP contribution in [0, 0.1) is 6.92 Å². The number of hydrogen-bond donors (Lipinski definition) is 1. The van der Waals surface area contributed by atoms with Gasteiger partial charge in [-0.05, 0) is 67.4 Å². The maximum absolute atomic E-state index is 14.0. The second-order valence-corrected chi connectivity index (χ2v) is 9.75. The van der Waals surface area contributed by atoms with Crippen LogP contribution in [0.5, 0.6) is 5.75 Å². The minimum absolute atomic E-state index is 0.177. The summed E-state index contributed by atoms with van der Waals surface area (Å²) < 4.78 is 6.88. The van der Waals surface area contributed by atoms with Crippen LogP contribution in [0.15, 0.2) is 78.9 Å². The molecule has 2 heterocycles. The normalized spacial score (nSPS) is 16.9. The van der Waals surface area contributed by atoms with Gasteiger partial charge in [-0.3, -0.25) is 19.2 Å². The van der Waals surface area contributed by atoms with Crippen molar-refractivity contribution in [3.05, 3.63) is 101 Å². The van der Waals surface area contributed by atoms with Crippen LogP contribution >= 0.6 is 11.6 Å². The van der Waals surface area contributed by atoms with Crippen molar-refractivity contribution in [2.45, 2.75) is 32.5 Å². The molecule has 8 heteroatoms. The number of carbonyl (C=O) groups excluding carboxylic acids is 2. The van der Waals surface area contributed by atoms with E-state index >= 15 is 0 Å². The number of halogens is 1. The molecule has 0 spiro atoms. The molecule has 1 aromatic heterocycles. The highest BCUT2D eigenvalue weighted by Gasteiger charge is 2.49. The van der Waals surface area contributed by atoms with Gasteiger partial charge in [-0.2, -0.15) is 5.10 Å². The maximum Gasteiger partial charge on any atom is 0.277 e. The summed E-state index contributed by atoms with van der Waals surface area (Å²) in [5, 5.41) is 8.22. The Hall–Kier alpha value is -4.10. The Bertz CT molecular complexity index is 1470. The number of rotatable bonds is 6. The van der Waals surface area contributed by atoms with E-state index in [1.54, 1.807) is 41.8 Å². The summed E-state index contributed by atoms with van der Waals surface area (Å²) in [6.45, 7) is 4.19. The van der Waals surface area contributed by atoms with Gasteiger partial charge in [-0.1, -0.05) is 48.0 Å². The van der Waals surface area contributed by atoms with Crippen molar-refractivity contribution in [3.63, 3.8) is 0 Å². The fourth-order valence-corrected chi connectivity index (χ4v) is 4.82. The quantitative estimate of drug-likeness (QED) is 0.381. The Kier molecular flexibility index (Phi) is 6.48. The Morgan fingerprint density at radius 1 is 1.08 bits per heavy atom. The van der Waals surface area contributed by atoms with Crippen molar-refractivity contribution in [3.8, 4) is 17.0 Å². The molecule has 0 radical (unpaired) electrons. The van der Waals surface area contributed by atoms with E-state index in [1.165, 1.54) is 0 Å². The summed E-state index contributed by atoms with van der Waals surface area (Å²) in [6.07, 6.45) is 0. The van der Waals surface area contributed by atoms with Crippen molar-refractivity contribution in [2.75, 3.05) is 12.0 Å². The summed E-state index contributed by atoms with van der Waals surface area (Å²) in [5.74, 6) is 0.131. The largest absolute Gasteiger partial charge is 0.497 e. The van der Waals surface area contributed by atoms with Crippen LogP contribution in [-0.4, -0.2) is 34.2 Å². The summed E-state index contributed by atoms with van der Waals surface area (Å²) in [7, 11) is 1.61. The van der Waals surface area contributed by atoms with E-state index in [1.807, 2.05) is 67.6 Å². The summed E-state index contributed by atoms with van der Waals surface area (Å²) >= 11 is 6.34. The van der Waals surface area contributed by atoms with Gasteiger partial charge >= 0.3 is 0 Å².